The molecule has 1 saturated carbocycles. The number of aliphatic hydroxyl groups is 1. The molecule has 742 valence electrons. The van der Waals surface area contributed by atoms with Crippen LogP contribution >= 0.6 is 46.4 Å². The predicted molar refractivity (Wildman–Crippen MR) is 594 cm³/mol. The predicted octanol–water partition coefficient (Wildman–Crippen LogP) is 19.5. The number of aliphatic hydroxyl groups excluding tert-OH is 1. The maximum Gasteiger partial charge on any atom is 0.255 e. The van der Waals surface area contributed by atoms with Gasteiger partial charge in [0.25, 0.3) is 45.9 Å². The molecule has 11 aromatic carbocycles. The number of pyridine rings is 9. The first-order valence-electron chi connectivity index (χ1n) is 49.2. The minimum absolute atomic E-state index is 0.0244. The molecule has 3 aliphatic heterocycles. The van der Waals surface area contributed by atoms with E-state index in [1.54, 1.807) is 134 Å². The van der Waals surface area contributed by atoms with E-state index in [0.29, 0.717) is 101 Å². The summed E-state index contributed by atoms with van der Waals surface area (Å²) in [5.41, 5.74) is 18.8. The highest BCUT2D eigenvalue weighted by Crippen LogP contribution is 2.37. The standard InChI is InChI=1S/C33H32ClN5O2.C30H25ClN4O3.C29H23ClN4O2.C27H19ClN4O2/c1-36(2)15-16-37-17-19-38(20-18-37)33(41)24-5-11-28(12-6-24)39-31(40)14-8-26-22-35-30-13-7-25(21-29(30)32(26)39)23-3-9-27(34)10-4-23;31-23-7-1-19(2-8-23)21-5-11-27-26(15-21)29-22(16-32-27)6-12-28(37)35(29)25-9-3-20(4-10-25)30(38)33-24-17-34(18-24)13-14-36;30-22-7-1-18(2-8-22)20-5-11-26-25(15-20)28-21(16-32-26)6-12-27(35)34(28)24-9-3-19(4-10-24)29(36)33-23-13-14-31-17-23;28-19-6-1-16(2-7-19)22-12-13-23-25(31-22)26-18(15-29-23)5-14-24(33)32(26)21-10-3-17(4-11-21)27(34)30-20-8-9-20/h3-14,21-22H,15-20H2,1-2H3;1-12,15-16,24,36H,13-14,17-18H2,(H,33,38);1-12,15-16,23,31H,13-14,17H2,(H,33,36);1-7,10-15,20H,8-9H2,(H,30,34). The lowest BCUT2D eigenvalue weighted by Crippen LogP contribution is -2.59. The fourth-order valence-corrected chi connectivity index (χ4v) is 19.8. The third kappa shape index (κ3) is 21.7. The van der Waals surface area contributed by atoms with Gasteiger partial charge in [-0.3, -0.25) is 86.4 Å². The van der Waals surface area contributed by atoms with E-state index < -0.39 is 0 Å². The van der Waals surface area contributed by atoms with Gasteiger partial charge < -0.3 is 36.2 Å². The fourth-order valence-electron chi connectivity index (χ4n) is 19.3. The molecule has 0 bridgehead atoms. The molecule has 26 nitrogen and oxygen atoms in total. The molecule has 0 radical (unpaired) electrons. The largest absolute Gasteiger partial charge is 0.395 e. The molecule has 3 saturated heterocycles. The zero-order valence-corrected chi connectivity index (χ0v) is 84.2. The van der Waals surface area contributed by atoms with Crippen molar-refractivity contribution < 1.29 is 24.3 Å². The smallest absolute Gasteiger partial charge is 0.255 e. The van der Waals surface area contributed by atoms with Crippen LogP contribution in [0.15, 0.2) is 353 Å². The Kier molecular flexibility index (Phi) is 28.9. The lowest BCUT2D eigenvalue weighted by atomic mass is 10.0. The molecule has 4 aliphatic rings. The SMILES string of the molecule is CN(C)CCN1CCN(C(=O)c2ccc(-n3c(=O)ccc4cnc5ccc(-c6ccc(Cl)cc6)cc5c43)cc2)CC1.O=C(NC1CC1)c1ccc(-n2c(=O)ccc3cnc4ccc(-c5ccc(Cl)cc5)nc4c32)cc1.O=C(NC1CCNC1)c1ccc(-n2c(=O)ccc3cnc4ccc(-c5ccc(Cl)cc5)cc4c32)cc1.O=C(NC1CN(CCO)C1)c1ccc(-n2c(=O)ccc3cnc4ccc(-c5ccc(Cl)cc5)cc4c32)cc1. The van der Waals surface area contributed by atoms with E-state index in [4.69, 9.17) is 56.5 Å². The first-order chi connectivity index (χ1) is 72.5. The topological polar surface area (TPSA) is 302 Å². The summed E-state index contributed by atoms with van der Waals surface area (Å²) in [5, 5.41) is 30.0. The second-order valence-electron chi connectivity index (χ2n) is 37.8. The molecule has 1 aliphatic carbocycles. The Morgan fingerprint density at radius 2 is 0.698 bits per heavy atom. The van der Waals surface area contributed by atoms with Crippen molar-refractivity contribution in [2.24, 2.45) is 0 Å². The minimum atomic E-state index is -0.186. The summed E-state index contributed by atoms with van der Waals surface area (Å²) in [6.45, 7) is 9.09. The highest BCUT2D eigenvalue weighted by Gasteiger charge is 2.30. The number of nitrogens with one attached hydrogen (secondary N) is 4. The van der Waals surface area contributed by atoms with Crippen molar-refractivity contribution in [2.75, 3.05) is 92.7 Å². The van der Waals surface area contributed by atoms with Crippen LogP contribution in [-0.2, 0) is 0 Å². The van der Waals surface area contributed by atoms with E-state index in [1.807, 2.05) is 199 Å². The van der Waals surface area contributed by atoms with Gasteiger partial charge in [-0.05, 0) is 292 Å². The number of fused-ring (bicyclic) bond motifs is 12. The fraction of sp³-hybridized carbons (Fsp3) is 0.168. The van der Waals surface area contributed by atoms with E-state index in [2.05, 4.69) is 82.1 Å². The molecule has 4 fully saturated rings. The zero-order valence-electron chi connectivity index (χ0n) is 81.1. The number of nitrogens with zero attached hydrogens (tertiary/aromatic N) is 13. The zero-order chi connectivity index (χ0) is 103. The number of likely N-dealkylation sites (N-methyl/N-ethyl adjacent to an activating group) is 1. The van der Waals surface area contributed by atoms with Crippen molar-refractivity contribution in [3.8, 4) is 67.4 Å². The Labute approximate surface area is 875 Å². The highest BCUT2D eigenvalue weighted by molar-refractivity contribution is 6.32. The molecule has 12 heterocycles. The number of β-amino-alcohol motifs (C(OH)–C–C–N with tert-alkyl or cyclic N) is 1. The van der Waals surface area contributed by atoms with E-state index in [-0.39, 0.29) is 70.6 Å². The molecular weight excluding hydrogens is 1950 g/mol. The molecule has 4 amide bonds. The maximum absolute atomic E-state index is 13.3. The van der Waals surface area contributed by atoms with Crippen LogP contribution in [0.25, 0.3) is 155 Å². The van der Waals surface area contributed by atoms with Gasteiger partial charge in [0.15, 0.2) is 0 Å². The van der Waals surface area contributed by atoms with Gasteiger partial charge in [0.05, 0.1) is 62.5 Å². The van der Waals surface area contributed by atoms with Gasteiger partial charge in [-0.2, -0.15) is 0 Å². The number of aromatic nitrogens is 9. The van der Waals surface area contributed by atoms with Crippen molar-refractivity contribution in [2.45, 2.75) is 37.4 Å². The third-order valence-corrected chi connectivity index (χ3v) is 28.5. The van der Waals surface area contributed by atoms with E-state index in [1.165, 1.54) is 12.1 Å². The first-order valence-corrected chi connectivity index (χ1v) is 50.8. The second kappa shape index (κ2) is 43.5. The highest BCUT2D eigenvalue weighted by atomic mass is 35.5. The number of likely N-dealkylation sites (tertiary alicyclic amines) is 1. The molecular formula is C119H99Cl4N17O9. The average molecular weight is 2050 g/mol. The number of hydrogen-bond acceptors (Lipinski definition) is 18. The molecule has 24 rings (SSSR count). The molecule has 5 N–H and O–H groups in total. The molecule has 1 atom stereocenters. The Bertz CT molecular complexity index is 8810. The van der Waals surface area contributed by atoms with Gasteiger partial charge in [0.2, 0.25) is 0 Å². The number of carbonyl (C=O) groups excluding carboxylic acids is 4. The van der Waals surface area contributed by atoms with Crippen LogP contribution in [-0.4, -0.2) is 202 Å². The summed E-state index contributed by atoms with van der Waals surface area (Å²) in [4.78, 5) is 136. The number of benzene rings is 11. The molecule has 1 unspecified atom stereocenters. The summed E-state index contributed by atoms with van der Waals surface area (Å²) in [6, 6.07) is 94.9. The van der Waals surface area contributed by atoms with E-state index in [9.17, 15) is 38.4 Å². The van der Waals surface area contributed by atoms with Crippen molar-refractivity contribution >= 4 is 157 Å². The number of rotatable bonds is 20. The summed E-state index contributed by atoms with van der Waals surface area (Å²) >= 11 is 24.3. The van der Waals surface area contributed by atoms with E-state index >= 15 is 0 Å². The quantitative estimate of drug-likeness (QED) is 0.0443. The van der Waals surface area contributed by atoms with Gasteiger partial charge in [-0.25, -0.2) is 4.98 Å². The maximum atomic E-state index is 13.3. The summed E-state index contributed by atoms with van der Waals surface area (Å²) in [6.07, 6.45) is 10.1. The van der Waals surface area contributed by atoms with Crippen LogP contribution in [0.5, 0.6) is 0 Å². The van der Waals surface area contributed by atoms with Gasteiger partial charge >= 0.3 is 0 Å². The van der Waals surface area contributed by atoms with Crippen molar-refractivity contribution in [1.82, 2.24) is 84.1 Å². The number of carbonyl (C=O) groups is 4. The van der Waals surface area contributed by atoms with Crippen molar-refractivity contribution in [3.05, 3.63) is 418 Å². The van der Waals surface area contributed by atoms with Gasteiger partial charge in [-0.1, -0.05) is 113 Å². The average Bonchev–Trinajstić information content (AvgIpc) is 1.59. The number of piperazine rings is 1. The van der Waals surface area contributed by atoms with Crippen molar-refractivity contribution in [1.29, 1.82) is 0 Å². The summed E-state index contributed by atoms with van der Waals surface area (Å²) < 4.78 is 6.70. The Morgan fingerprint density at radius 1 is 0.356 bits per heavy atom. The van der Waals surface area contributed by atoms with Crippen LogP contribution in [0.4, 0.5) is 0 Å². The van der Waals surface area contributed by atoms with E-state index in [0.717, 1.165) is 187 Å². The molecule has 30 heteroatoms. The first kappa shape index (κ1) is 98.9. The summed E-state index contributed by atoms with van der Waals surface area (Å²) in [5.74, 6) is -0.333. The van der Waals surface area contributed by atoms with Gasteiger partial charge in [-0.15, -0.1) is 0 Å². The molecule has 20 aromatic rings. The Balaban J connectivity index is 0.000000116. The molecule has 9 aromatic heterocycles. The minimum Gasteiger partial charge on any atom is -0.395 e. The van der Waals surface area contributed by atoms with Crippen LogP contribution in [0.1, 0.15) is 60.7 Å². The lowest BCUT2D eigenvalue weighted by Gasteiger charge is -2.39. The monoisotopic (exact) mass is 2050 g/mol. The Morgan fingerprint density at radius 3 is 1.07 bits per heavy atom. The number of hydrogen-bond donors (Lipinski definition) is 5. The van der Waals surface area contributed by atoms with Crippen LogP contribution in [0, 0.1) is 0 Å². The number of halogens is 4. The molecule has 0 spiro atoms. The van der Waals surface area contributed by atoms with Gasteiger partial charge in [0, 0.05) is 235 Å². The third-order valence-electron chi connectivity index (χ3n) is 27.5. The summed E-state index contributed by atoms with van der Waals surface area (Å²) in [7, 11) is 4.15. The second-order valence-corrected chi connectivity index (χ2v) is 39.5. The van der Waals surface area contributed by atoms with Crippen LogP contribution in [0.3, 0.4) is 0 Å². The normalized spacial score (nSPS) is 14.3. The molecule has 149 heavy (non-hydrogen) atoms. The number of amides is 4. The Hall–Kier alpha value is -16.1. The van der Waals surface area contributed by atoms with Gasteiger partial charge in [0.1, 0.15) is 5.52 Å². The lowest BCUT2D eigenvalue weighted by molar-refractivity contribution is 0.0629. The van der Waals surface area contributed by atoms with Crippen LogP contribution < -0.4 is 43.5 Å². The van der Waals surface area contributed by atoms with Crippen molar-refractivity contribution in [3.63, 3.8) is 0 Å². The van der Waals surface area contributed by atoms with Crippen LogP contribution in [0.2, 0.25) is 20.1 Å².